The van der Waals surface area contributed by atoms with Crippen LogP contribution in [0.1, 0.15) is 38.7 Å². The highest BCUT2D eigenvalue weighted by Crippen LogP contribution is 2.33. The number of hydrogen-bond acceptors (Lipinski definition) is 4. The Kier molecular flexibility index (Phi) is 5.92. The third-order valence-corrected chi connectivity index (χ3v) is 6.44. The van der Waals surface area contributed by atoms with E-state index in [-0.39, 0.29) is 36.5 Å². The first kappa shape index (κ1) is 20.9. The van der Waals surface area contributed by atoms with E-state index in [0.29, 0.717) is 36.1 Å². The Labute approximate surface area is 175 Å². The van der Waals surface area contributed by atoms with Crippen molar-refractivity contribution in [3.63, 3.8) is 0 Å². The minimum Gasteiger partial charge on any atom is -0.365 e. The predicted octanol–water partition coefficient (Wildman–Crippen LogP) is 2.97. The smallest absolute Gasteiger partial charge is 0.228 e. The number of piperazine rings is 1. The van der Waals surface area contributed by atoms with Gasteiger partial charge in [-0.05, 0) is 44.9 Å². The van der Waals surface area contributed by atoms with Gasteiger partial charge >= 0.3 is 0 Å². The number of amides is 2. The molecule has 2 heterocycles. The van der Waals surface area contributed by atoms with E-state index in [1.807, 2.05) is 24.0 Å². The number of carbonyl (C=O) groups is 3. The second kappa shape index (κ2) is 7.91. The number of rotatable bonds is 4. The first-order chi connectivity index (χ1) is 13.1. The quantitative estimate of drug-likeness (QED) is 0.752. The molecular weight excluding hydrogens is 401 g/mol. The summed E-state index contributed by atoms with van der Waals surface area (Å²) in [6.45, 7) is 7.65. The molecule has 152 valence electrons. The van der Waals surface area contributed by atoms with Crippen molar-refractivity contribution in [1.29, 1.82) is 0 Å². The highest BCUT2D eigenvalue weighted by atomic mass is 35.5. The molecule has 0 bridgehead atoms. The standard InChI is InChI=1S/C20H25Cl2N3O3/c1-12-8-14(21)15(22)9-16(12)25-7-6-24(11-13(25)2)19(28)4-5-20(3)17(26)10-18(27)23-20/h8-9,13H,4-7,10-11H2,1-3H3,(H,23,27)/t13-,20?/m0/s1. The Bertz CT molecular complexity index is 829. The lowest BCUT2D eigenvalue weighted by atomic mass is 9.92. The third-order valence-electron chi connectivity index (χ3n) is 5.72. The van der Waals surface area contributed by atoms with Crippen molar-refractivity contribution in [3.05, 3.63) is 27.7 Å². The second-order valence-electron chi connectivity index (χ2n) is 7.92. The van der Waals surface area contributed by atoms with E-state index in [9.17, 15) is 14.4 Å². The Morgan fingerprint density at radius 2 is 1.93 bits per heavy atom. The Balaban J connectivity index is 1.61. The van der Waals surface area contributed by atoms with Gasteiger partial charge in [-0.3, -0.25) is 14.4 Å². The van der Waals surface area contributed by atoms with Gasteiger partial charge in [-0.25, -0.2) is 0 Å². The largest absolute Gasteiger partial charge is 0.365 e. The van der Waals surface area contributed by atoms with Crippen molar-refractivity contribution < 1.29 is 14.4 Å². The van der Waals surface area contributed by atoms with Gasteiger partial charge in [-0.1, -0.05) is 23.2 Å². The van der Waals surface area contributed by atoms with E-state index in [1.54, 1.807) is 6.92 Å². The minimum absolute atomic E-state index is 0.00698. The molecule has 3 rings (SSSR count). The number of hydrogen-bond donors (Lipinski definition) is 1. The maximum absolute atomic E-state index is 12.7. The molecule has 2 fully saturated rings. The van der Waals surface area contributed by atoms with E-state index >= 15 is 0 Å². The highest BCUT2D eigenvalue weighted by molar-refractivity contribution is 6.42. The van der Waals surface area contributed by atoms with Gasteiger partial charge in [0.05, 0.1) is 22.0 Å². The lowest BCUT2D eigenvalue weighted by Crippen LogP contribution is -2.54. The van der Waals surface area contributed by atoms with Crippen molar-refractivity contribution in [1.82, 2.24) is 10.2 Å². The number of benzene rings is 1. The van der Waals surface area contributed by atoms with Gasteiger partial charge in [0.1, 0.15) is 0 Å². The second-order valence-corrected chi connectivity index (χ2v) is 8.73. The number of halogens is 2. The first-order valence-corrected chi connectivity index (χ1v) is 10.2. The van der Waals surface area contributed by atoms with Crippen molar-refractivity contribution in [3.8, 4) is 0 Å². The van der Waals surface area contributed by atoms with Gasteiger partial charge in [0.15, 0.2) is 5.78 Å². The average molecular weight is 426 g/mol. The zero-order valence-electron chi connectivity index (χ0n) is 16.3. The molecule has 6 nitrogen and oxygen atoms in total. The van der Waals surface area contributed by atoms with Crippen LogP contribution in [0.25, 0.3) is 0 Å². The van der Waals surface area contributed by atoms with Gasteiger partial charge in [0, 0.05) is 37.8 Å². The summed E-state index contributed by atoms with van der Waals surface area (Å²) < 4.78 is 0. The van der Waals surface area contributed by atoms with E-state index < -0.39 is 5.54 Å². The summed E-state index contributed by atoms with van der Waals surface area (Å²) in [5.41, 5.74) is 1.15. The number of carbonyl (C=O) groups excluding carboxylic acids is 3. The fourth-order valence-electron chi connectivity index (χ4n) is 3.97. The Morgan fingerprint density at radius 3 is 2.54 bits per heavy atom. The Hall–Kier alpha value is -1.79. The molecule has 2 aliphatic heterocycles. The summed E-state index contributed by atoms with van der Waals surface area (Å²) >= 11 is 12.3. The minimum atomic E-state index is -0.919. The third kappa shape index (κ3) is 4.13. The number of nitrogens with one attached hydrogen (secondary N) is 1. The molecule has 2 saturated heterocycles. The summed E-state index contributed by atoms with van der Waals surface area (Å²) in [6, 6.07) is 3.86. The maximum atomic E-state index is 12.7. The fourth-order valence-corrected chi connectivity index (χ4v) is 4.34. The molecule has 0 saturated carbocycles. The molecular formula is C20H25Cl2N3O3. The fraction of sp³-hybridized carbons (Fsp3) is 0.550. The molecule has 2 aliphatic rings. The van der Waals surface area contributed by atoms with Crippen LogP contribution in [-0.4, -0.2) is 53.7 Å². The molecule has 2 atom stereocenters. The number of ketones is 1. The predicted molar refractivity (Wildman–Crippen MR) is 110 cm³/mol. The van der Waals surface area contributed by atoms with E-state index in [0.717, 1.165) is 11.3 Å². The molecule has 1 aromatic carbocycles. The van der Waals surface area contributed by atoms with Crippen molar-refractivity contribution in [2.24, 2.45) is 0 Å². The molecule has 1 N–H and O–H groups in total. The summed E-state index contributed by atoms with van der Waals surface area (Å²) in [7, 11) is 0. The molecule has 0 aliphatic carbocycles. The van der Waals surface area contributed by atoms with Gasteiger partial charge in [-0.15, -0.1) is 0 Å². The molecule has 0 spiro atoms. The lowest BCUT2D eigenvalue weighted by Gasteiger charge is -2.42. The molecule has 0 radical (unpaired) electrons. The van der Waals surface area contributed by atoms with Crippen LogP contribution in [0.2, 0.25) is 10.0 Å². The van der Waals surface area contributed by atoms with Crippen LogP contribution in [0.4, 0.5) is 5.69 Å². The highest BCUT2D eigenvalue weighted by Gasteiger charge is 2.42. The zero-order chi connectivity index (χ0) is 20.6. The van der Waals surface area contributed by atoms with Gasteiger partial charge < -0.3 is 15.1 Å². The average Bonchev–Trinajstić information content (AvgIpc) is 2.88. The van der Waals surface area contributed by atoms with Crippen LogP contribution in [0.15, 0.2) is 12.1 Å². The summed E-state index contributed by atoms with van der Waals surface area (Å²) in [4.78, 5) is 40.2. The van der Waals surface area contributed by atoms with Crippen LogP contribution in [-0.2, 0) is 14.4 Å². The molecule has 2 amide bonds. The monoisotopic (exact) mass is 425 g/mol. The number of aryl methyl sites for hydroxylation is 1. The van der Waals surface area contributed by atoms with Crippen LogP contribution in [0, 0.1) is 6.92 Å². The topological polar surface area (TPSA) is 69.7 Å². The molecule has 1 unspecified atom stereocenters. The maximum Gasteiger partial charge on any atom is 0.228 e. The van der Waals surface area contributed by atoms with Crippen molar-refractivity contribution >= 4 is 46.5 Å². The number of nitrogens with zero attached hydrogens (tertiary/aromatic N) is 2. The molecule has 28 heavy (non-hydrogen) atoms. The summed E-state index contributed by atoms with van der Waals surface area (Å²) in [5, 5.41) is 3.75. The van der Waals surface area contributed by atoms with Crippen LogP contribution >= 0.6 is 23.2 Å². The van der Waals surface area contributed by atoms with Gasteiger partial charge in [0.2, 0.25) is 11.8 Å². The normalized spacial score (nSPS) is 25.2. The summed E-state index contributed by atoms with van der Waals surface area (Å²) in [5.74, 6) is -0.398. The van der Waals surface area contributed by atoms with E-state index in [1.165, 1.54) is 0 Å². The van der Waals surface area contributed by atoms with Crippen LogP contribution < -0.4 is 10.2 Å². The lowest BCUT2D eigenvalue weighted by molar-refractivity contribution is -0.132. The Morgan fingerprint density at radius 1 is 1.25 bits per heavy atom. The van der Waals surface area contributed by atoms with Crippen molar-refractivity contribution in [2.75, 3.05) is 24.5 Å². The van der Waals surface area contributed by atoms with E-state index in [4.69, 9.17) is 23.2 Å². The summed E-state index contributed by atoms with van der Waals surface area (Å²) in [6.07, 6.45) is 0.474. The molecule has 8 heteroatoms. The van der Waals surface area contributed by atoms with Gasteiger partial charge in [0.25, 0.3) is 0 Å². The van der Waals surface area contributed by atoms with E-state index in [2.05, 4.69) is 17.1 Å². The SMILES string of the molecule is Cc1cc(Cl)c(Cl)cc1N1CCN(C(=O)CCC2(C)NC(=O)CC2=O)C[C@@H]1C. The number of anilines is 1. The van der Waals surface area contributed by atoms with Gasteiger partial charge in [-0.2, -0.15) is 0 Å². The zero-order valence-corrected chi connectivity index (χ0v) is 17.9. The van der Waals surface area contributed by atoms with Crippen LogP contribution in [0.5, 0.6) is 0 Å². The molecule has 1 aromatic rings. The van der Waals surface area contributed by atoms with Crippen LogP contribution in [0.3, 0.4) is 0 Å². The van der Waals surface area contributed by atoms with Crippen molar-refractivity contribution in [2.45, 2.75) is 51.6 Å². The number of Topliss-reactive ketones (excluding diaryl/α,β-unsaturated/α-hetero) is 1. The molecule has 0 aromatic heterocycles. The first-order valence-electron chi connectivity index (χ1n) is 9.45.